The summed E-state index contributed by atoms with van der Waals surface area (Å²) in [7, 11) is 0. The first-order chi connectivity index (χ1) is 11.1. The van der Waals surface area contributed by atoms with E-state index in [4.69, 9.17) is 9.47 Å². The predicted octanol–water partition coefficient (Wildman–Crippen LogP) is 0.993. The van der Waals surface area contributed by atoms with Gasteiger partial charge in [-0.25, -0.2) is 0 Å². The van der Waals surface area contributed by atoms with Crippen molar-refractivity contribution in [3.63, 3.8) is 0 Å². The molecule has 23 heavy (non-hydrogen) atoms. The van der Waals surface area contributed by atoms with E-state index in [1.54, 1.807) is 36.4 Å². The standard InChI is InChI=1S/C16H14N2O5/c19-11-6-2-1-5-10(11)15(20)17-18-16(21)14-9-22-12-7-3-4-8-13(12)23-14/h1-8,14,19H,9H2,(H,17,20)(H,18,21)/t14-/m1/s1. The lowest BCUT2D eigenvalue weighted by Crippen LogP contribution is -2.50. The molecule has 0 radical (unpaired) electrons. The average molecular weight is 314 g/mol. The number of phenolic OH excluding ortho intramolecular Hbond substituents is 1. The van der Waals surface area contributed by atoms with Gasteiger partial charge in [-0.05, 0) is 24.3 Å². The maximum atomic E-state index is 12.0. The minimum atomic E-state index is -0.880. The van der Waals surface area contributed by atoms with Crippen molar-refractivity contribution in [3.8, 4) is 17.2 Å². The maximum absolute atomic E-state index is 12.0. The van der Waals surface area contributed by atoms with Gasteiger partial charge < -0.3 is 14.6 Å². The van der Waals surface area contributed by atoms with Crippen molar-refractivity contribution >= 4 is 11.8 Å². The van der Waals surface area contributed by atoms with Crippen LogP contribution in [0.15, 0.2) is 48.5 Å². The number of rotatable bonds is 2. The van der Waals surface area contributed by atoms with Crippen molar-refractivity contribution in [3.05, 3.63) is 54.1 Å². The van der Waals surface area contributed by atoms with Crippen molar-refractivity contribution in [2.45, 2.75) is 6.10 Å². The Morgan fingerprint density at radius 2 is 1.70 bits per heavy atom. The van der Waals surface area contributed by atoms with Gasteiger partial charge in [0.05, 0.1) is 5.56 Å². The molecule has 2 aromatic carbocycles. The third-order valence-corrected chi connectivity index (χ3v) is 3.25. The van der Waals surface area contributed by atoms with Crippen LogP contribution >= 0.6 is 0 Å². The van der Waals surface area contributed by atoms with E-state index in [-0.39, 0.29) is 17.9 Å². The predicted molar refractivity (Wildman–Crippen MR) is 80.1 cm³/mol. The summed E-state index contributed by atoms with van der Waals surface area (Å²) in [5.74, 6) is -0.331. The summed E-state index contributed by atoms with van der Waals surface area (Å²) in [5.41, 5.74) is 4.54. The Bertz CT molecular complexity index is 747. The zero-order chi connectivity index (χ0) is 16.2. The number of hydrazine groups is 1. The van der Waals surface area contributed by atoms with E-state index >= 15 is 0 Å². The number of ether oxygens (including phenoxy) is 2. The number of hydrogen-bond donors (Lipinski definition) is 3. The first-order valence-electron chi connectivity index (χ1n) is 6.92. The number of nitrogens with one attached hydrogen (secondary N) is 2. The van der Waals surface area contributed by atoms with E-state index < -0.39 is 17.9 Å². The number of benzene rings is 2. The molecule has 3 rings (SSSR count). The Morgan fingerprint density at radius 1 is 1.00 bits per heavy atom. The van der Waals surface area contributed by atoms with Crippen LogP contribution in [0, 0.1) is 0 Å². The summed E-state index contributed by atoms with van der Waals surface area (Å²) in [6.07, 6.45) is -0.880. The van der Waals surface area contributed by atoms with E-state index in [1.807, 2.05) is 0 Å². The van der Waals surface area contributed by atoms with Gasteiger partial charge >= 0.3 is 0 Å². The van der Waals surface area contributed by atoms with Crippen molar-refractivity contribution < 1.29 is 24.2 Å². The third kappa shape index (κ3) is 3.18. The molecule has 3 N–H and O–H groups in total. The summed E-state index contributed by atoms with van der Waals surface area (Å²) in [6, 6.07) is 13.0. The SMILES string of the molecule is O=C(NNC(=O)[C@H]1COc2ccccc2O1)c1ccccc1O. The summed E-state index contributed by atoms with van der Waals surface area (Å²) in [4.78, 5) is 23.9. The number of carbonyl (C=O) groups is 2. The van der Waals surface area contributed by atoms with Gasteiger partial charge in [-0.2, -0.15) is 0 Å². The monoisotopic (exact) mass is 314 g/mol. The van der Waals surface area contributed by atoms with Crippen LogP contribution in [-0.2, 0) is 4.79 Å². The molecule has 0 aromatic heterocycles. The summed E-state index contributed by atoms with van der Waals surface area (Å²) in [5, 5.41) is 9.59. The number of aromatic hydroxyl groups is 1. The number of phenols is 1. The molecule has 0 spiro atoms. The molecule has 2 aromatic rings. The lowest BCUT2D eigenvalue weighted by atomic mass is 10.2. The molecule has 1 atom stereocenters. The summed E-state index contributed by atoms with van der Waals surface area (Å²) >= 11 is 0. The van der Waals surface area contributed by atoms with Gasteiger partial charge in [-0.15, -0.1) is 0 Å². The van der Waals surface area contributed by atoms with Crippen molar-refractivity contribution in [2.24, 2.45) is 0 Å². The second-order valence-corrected chi connectivity index (χ2v) is 4.82. The van der Waals surface area contributed by atoms with Gasteiger partial charge in [0.1, 0.15) is 12.4 Å². The normalized spacial score (nSPS) is 15.6. The number of amides is 2. The average Bonchev–Trinajstić information content (AvgIpc) is 2.59. The zero-order valence-electron chi connectivity index (χ0n) is 12.0. The summed E-state index contributed by atoms with van der Waals surface area (Å²) < 4.78 is 10.9. The second kappa shape index (κ2) is 6.27. The highest BCUT2D eigenvalue weighted by Crippen LogP contribution is 2.30. The maximum Gasteiger partial charge on any atom is 0.283 e. The molecule has 7 heteroatoms. The molecule has 1 aliphatic rings. The first kappa shape index (κ1) is 14.7. The van der Waals surface area contributed by atoms with Crippen LogP contribution in [0.2, 0.25) is 0 Å². The molecule has 0 bridgehead atoms. The molecule has 2 amide bonds. The van der Waals surface area contributed by atoms with Crippen molar-refractivity contribution in [2.75, 3.05) is 6.61 Å². The van der Waals surface area contributed by atoms with Gasteiger partial charge in [-0.1, -0.05) is 24.3 Å². The Morgan fingerprint density at radius 3 is 2.48 bits per heavy atom. The molecular weight excluding hydrogens is 300 g/mol. The van der Waals surface area contributed by atoms with Crippen LogP contribution < -0.4 is 20.3 Å². The first-order valence-corrected chi connectivity index (χ1v) is 6.92. The Labute approximate surface area is 131 Å². The Balaban J connectivity index is 1.58. The van der Waals surface area contributed by atoms with Crippen molar-refractivity contribution in [1.29, 1.82) is 0 Å². The van der Waals surface area contributed by atoms with Crippen molar-refractivity contribution in [1.82, 2.24) is 10.9 Å². The number of para-hydroxylation sites is 3. The Kier molecular flexibility index (Phi) is 4.01. The lowest BCUT2D eigenvalue weighted by molar-refractivity contribution is -0.131. The van der Waals surface area contributed by atoms with Crippen LogP contribution in [0.5, 0.6) is 17.2 Å². The Hall–Kier alpha value is -3.22. The minimum absolute atomic E-state index is 0.0370. The van der Waals surface area contributed by atoms with E-state index in [0.29, 0.717) is 11.5 Å². The summed E-state index contributed by atoms with van der Waals surface area (Å²) in [6.45, 7) is 0.0370. The fourth-order valence-corrected chi connectivity index (χ4v) is 2.08. The quantitative estimate of drug-likeness (QED) is 0.718. The van der Waals surface area contributed by atoms with E-state index in [2.05, 4.69) is 10.9 Å². The molecular formula is C16H14N2O5. The zero-order valence-corrected chi connectivity index (χ0v) is 12.0. The van der Waals surface area contributed by atoms with Crippen LogP contribution in [0.4, 0.5) is 0 Å². The third-order valence-electron chi connectivity index (χ3n) is 3.25. The number of carbonyl (C=O) groups excluding carboxylic acids is 2. The second-order valence-electron chi connectivity index (χ2n) is 4.82. The van der Waals surface area contributed by atoms with E-state index in [9.17, 15) is 14.7 Å². The molecule has 1 aliphatic heterocycles. The number of fused-ring (bicyclic) bond motifs is 1. The van der Waals surface area contributed by atoms with Gasteiger partial charge in [0.25, 0.3) is 11.8 Å². The molecule has 0 unspecified atom stereocenters. The van der Waals surface area contributed by atoms with Crippen LogP contribution in [0.1, 0.15) is 10.4 Å². The van der Waals surface area contributed by atoms with E-state index in [0.717, 1.165) is 0 Å². The highest BCUT2D eigenvalue weighted by Gasteiger charge is 2.27. The topological polar surface area (TPSA) is 96.9 Å². The smallest absolute Gasteiger partial charge is 0.283 e. The highest BCUT2D eigenvalue weighted by molar-refractivity contribution is 5.98. The van der Waals surface area contributed by atoms with Gasteiger partial charge in [0.15, 0.2) is 11.5 Å². The largest absolute Gasteiger partial charge is 0.507 e. The molecule has 0 saturated heterocycles. The van der Waals surface area contributed by atoms with Crippen LogP contribution in [0.25, 0.3) is 0 Å². The molecule has 1 heterocycles. The van der Waals surface area contributed by atoms with Gasteiger partial charge in [-0.3, -0.25) is 20.4 Å². The van der Waals surface area contributed by atoms with Crippen LogP contribution in [0.3, 0.4) is 0 Å². The fraction of sp³-hybridized carbons (Fsp3) is 0.125. The lowest BCUT2D eigenvalue weighted by Gasteiger charge is -2.25. The fourth-order valence-electron chi connectivity index (χ4n) is 2.08. The molecule has 0 aliphatic carbocycles. The van der Waals surface area contributed by atoms with Gasteiger partial charge in [0, 0.05) is 0 Å². The van der Waals surface area contributed by atoms with Gasteiger partial charge in [0.2, 0.25) is 6.10 Å². The number of hydrogen-bond acceptors (Lipinski definition) is 5. The molecule has 7 nitrogen and oxygen atoms in total. The highest BCUT2D eigenvalue weighted by atomic mass is 16.6. The van der Waals surface area contributed by atoms with E-state index in [1.165, 1.54) is 12.1 Å². The molecule has 118 valence electrons. The molecule has 0 fully saturated rings. The minimum Gasteiger partial charge on any atom is -0.507 e. The van der Waals surface area contributed by atoms with Crippen LogP contribution in [-0.4, -0.2) is 29.6 Å². The molecule has 0 saturated carbocycles.